The number of allylic oxidation sites excluding steroid dienone is 1. The van der Waals surface area contributed by atoms with Gasteiger partial charge in [0.15, 0.2) is 5.78 Å². The predicted octanol–water partition coefficient (Wildman–Crippen LogP) is -0.906. The number of ketones is 1. The van der Waals surface area contributed by atoms with Crippen molar-refractivity contribution in [2.45, 2.75) is 18.4 Å². The third-order valence-electron chi connectivity index (χ3n) is 2.59. The highest BCUT2D eigenvalue weighted by Crippen LogP contribution is 2.43. The Hall–Kier alpha value is -1.07. The lowest BCUT2D eigenvalue weighted by atomic mass is 9.89. The molecule has 0 aromatic heterocycles. The van der Waals surface area contributed by atoms with Crippen LogP contribution in [0.2, 0.25) is 0 Å². The van der Waals surface area contributed by atoms with E-state index in [1.807, 2.05) is 0 Å². The first-order valence-electron chi connectivity index (χ1n) is 4.23. The molecule has 1 fully saturated rings. The van der Waals surface area contributed by atoms with Gasteiger partial charge in [-0.25, -0.2) is 5.84 Å². The summed E-state index contributed by atoms with van der Waals surface area (Å²) >= 11 is 0. The van der Waals surface area contributed by atoms with Gasteiger partial charge in [0.1, 0.15) is 5.60 Å². The monoisotopic (exact) mass is 183 g/mol. The van der Waals surface area contributed by atoms with Crippen LogP contribution in [0.5, 0.6) is 0 Å². The Bertz CT molecular complexity index is 292. The fraction of sp³-hybridized carbons (Fsp3) is 0.625. The van der Waals surface area contributed by atoms with Crippen LogP contribution in [0.15, 0.2) is 11.4 Å². The molecule has 1 spiro atoms. The van der Waals surface area contributed by atoms with Crippen LogP contribution in [0.3, 0.4) is 0 Å². The van der Waals surface area contributed by atoms with Crippen molar-refractivity contribution < 1.29 is 9.53 Å². The van der Waals surface area contributed by atoms with E-state index in [4.69, 9.17) is 16.3 Å². The van der Waals surface area contributed by atoms with Crippen LogP contribution in [0.1, 0.15) is 12.8 Å². The van der Waals surface area contributed by atoms with Crippen LogP contribution in [-0.2, 0) is 9.53 Å². The second kappa shape index (κ2) is 2.46. The Labute approximate surface area is 76.3 Å². The van der Waals surface area contributed by atoms with E-state index in [2.05, 4.69) is 0 Å². The molecule has 5 nitrogen and oxygen atoms in total. The summed E-state index contributed by atoms with van der Waals surface area (Å²) < 4.78 is 5.32. The zero-order valence-electron chi connectivity index (χ0n) is 7.54. The summed E-state index contributed by atoms with van der Waals surface area (Å²) in [6, 6.07) is 0. The van der Waals surface area contributed by atoms with Crippen LogP contribution in [-0.4, -0.2) is 30.0 Å². The summed E-state index contributed by atoms with van der Waals surface area (Å²) in [6.45, 7) is 0.623. The van der Waals surface area contributed by atoms with E-state index in [0.29, 0.717) is 25.1 Å². The number of carbonyl (C=O) groups is 1. The highest BCUT2D eigenvalue weighted by molar-refractivity contribution is 5.96. The normalized spacial score (nSPS) is 32.6. The zero-order valence-corrected chi connectivity index (χ0v) is 7.54. The van der Waals surface area contributed by atoms with Gasteiger partial charge in [0.2, 0.25) is 0 Å². The van der Waals surface area contributed by atoms with Gasteiger partial charge < -0.3 is 15.5 Å². The van der Waals surface area contributed by atoms with Crippen molar-refractivity contribution in [2.24, 2.45) is 11.6 Å². The molecule has 4 N–H and O–H groups in total. The van der Waals surface area contributed by atoms with E-state index in [-0.39, 0.29) is 17.1 Å². The molecule has 1 aliphatic heterocycles. The molecule has 2 aliphatic rings. The van der Waals surface area contributed by atoms with Gasteiger partial charge in [-0.2, -0.15) is 0 Å². The summed E-state index contributed by atoms with van der Waals surface area (Å²) in [5, 5.41) is 1.39. The number of nitrogens with two attached hydrogens (primary N) is 2. The molecule has 0 radical (unpaired) electrons. The fourth-order valence-electron chi connectivity index (χ4n) is 1.83. The molecule has 1 saturated heterocycles. The Kier molecular flexibility index (Phi) is 1.61. The molecule has 0 bridgehead atoms. The average Bonchev–Trinajstić information content (AvgIpc) is 2.79. The molecule has 1 atom stereocenters. The topological polar surface area (TPSA) is 84.9 Å². The summed E-state index contributed by atoms with van der Waals surface area (Å²) in [5.74, 6) is 5.56. The minimum Gasteiger partial charge on any atom is -0.394 e. The van der Waals surface area contributed by atoms with E-state index in [1.54, 1.807) is 7.05 Å². The lowest BCUT2D eigenvalue weighted by molar-refractivity contribution is -0.116. The lowest BCUT2D eigenvalue weighted by Gasteiger charge is -2.28. The van der Waals surface area contributed by atoms with Crippen molar-refractivity contribution in [3.63, 3.8) is 0 Å². The smallest absolute Gasteiger partial charge is 0.180 e. The maximum absolute atomic E-state index is 11.3. The van der Waals surface area contributed by atoms with Gasteiger partial charge in [-0.1, -0.05) is 0 Å². The van der Waals surface area contributed by atoms with E-state index in [9.17, 15) is 4.79 Å². The van der Waals surface area contributed by atoms with E-state index in [0.717, 1.165) is 0 Å². The number of hydrogen-bond donors (Lipinski definition) is 2. The minimum atomic E-state index is -0.346. The van der Waals surface area contributed by atoms with Crippen LogP contribution < -0.4 is 11.6 Å². The van der Waals surface area contributed by atoms with Crippen molar-refractivity contribution in [3.05, 3.63) is 11.4 Å². The molecule has 0 amide bonds. The van der Waals surface area contributed by atoms with Gasteiger partial charge in [0.05, 0.1) is 18.0 Å². The molecular weight excluding hydrogens is 170 g/mol. The van der Waals surface area contributed by atoms with E-state index in [1.165, 1.54) is 5.01 Å². The maximum atomic E-state index is 11.3. The highest BCUT2D eigenvalue weighted by Gasteiger charge is 2.53. The molecular formula is C8H13N3O2. The Balaban J connectivity index is 2.42. The number of ether oxygens (including phenoxy) is 1. The first-order chi connectivity index (χ1) is 6.07. The Morgan fingerprint density at radius 2 is 2.23 bits per heavy atom. The Morgan fingerprint density at radius 1 is 1.62 bits per heavy atom. The standard InChI is InChI=1S/C8H13N3O2/c1-11(10)7-6(9)5(12)2-3-8(7)4-13-8/h2-4,9-10H2,1H3. The van der Waals surface area contributed by atoms with Crippen molar-refractivity contribution in [2.75, 3.05) is 13.7 Å². The van der Waals surface area contributed by atoms with Crippen molar-refractivity contribution >= 4 is 5.78 Å². The number of epoxide rings is 1. The van der Waals surface area contributed by atoms with Gasteiger partial charge in [-0.05, 0) is 6.42 Å². The van der Waals surface area contributed by atoms with Crippen LogP contribution in [0.4, 0.5) is 0 Å². The molecule has 13 heavy (non-hydrogen) atoms. The molecule has 1 aliphatic carbocycles. The van der Waals surface area contributed by atoms with Crippen LogP contribution in [0.25, 0.3) is 0 Å². The number of hydrazine groups is 1. The van der Waals surface area contributed by atoms with E-state index < -0.39 is 0 Å². The molecule has 1 unspecified atom stereocenters. The van der Waals surface area contributed by atoms with Crippen molar-refractivity contribution in [3.8, 4) is 0 Å². The highest BCUT2D eigenvalue weighted by atomic mass is 16.6. The van der Waals surface area contributed by atoms with Crippen LogP contribution in [0, 0.1) is 0 Å². The summed E-state index contributed by atoms with van der Waals surface area (Å²) in [5.41, 5.74) is 6.22. The third-order valence-corrected chi connectivity index (χ3v) is 2.59. The molecule has 0 aromatic rings. The molecule has 0 aromatic carbocycles. The van der Waals surface area contributed by atoms with Gasteiger partial charge in [-0.15, -0.1) is 0 Å². The lowest BCUT2D eigenvalue weighted by Crippen LogP contribution is -2.41. The van der Waals surface area contributed by atoms with Gasteiger partial charge in [0, 0.05) is 13.5 Å². The summed E-state index contributed by atoms with van der Waals surface area (Å²) in [6.07, 6.45) is 1.16. The number of hydrogen-bond acceptors (Lipinski definition) is 5. The molecule has 5 heteroatoms. The molecule has 0 saturated carbocycles. The quantitative estimate of drug-likeness (QED) is 0.312. The third kappa shape index (κ3) is 1.12. The van der Waals surface area contributed by atoms with E-state index >= 15 is 0 Å². The maximum Gasteiger partial charge on any atom is 0.180 e. The second-order valence-corrected chi connectivity index (χ2v) is 3.58. The number of Topliss-reactive ketones (excluding diaryl/α,β-unsaturated/α-hetero) is 1. The Morgan fingerprint density at radius 3 is 2.69 bits per heavy atom. The number of carbonyl (C=O) groups excluding carboxylic acids is 1. The van der Waals surface area contributed by atoms with Crippen molar-refractivity contribution in [1.82, 2.24) is 5.01 Å². The summed E-state index contributed by atoms with van der Waals surface area (Å²) in [7, 11) is 1.67. The van der Waals surface area contributed by atoms with Crippen LogP contribution >= 0.6 is 0 Å². The van der Waals surface area contributed by atoms with Crippen molar-refractivity contribution in [1.29, 1.82) is 0 Å². The number of nitrogens with zero attached hydrogens (tertiary/aromatic N) is 1. The second-order valence-electron chi connectivity index (χ2n) is 3.58. The fourth-order valence-corrected chi connectivity index (χ4v) is 1.83. The largest absolute Gasteiger partial charge is 0.394 e. The molecule has 72 valence electrons. The predicted molar refractivity (Wildman–Crippen MR) is 46.1 cm³/mol. The SMILES string of the molecule is CN(N)C1=C(N)C(=O)CCC12CO2. The first kappa shape index (κ1) is 8.52. The first-order valence-corrected chi connectivity index (χ1v) is 4.23. The van der Waals surface area contributed by atoms with Gasteiger partial charge in [0.25, 0.3) is 0 Å². The number of likely N-dealkylation sites (N-methyl/N-ethyl adjacent to an activating group) is 1. The van der Waals surface area contributed by atoms with Gasteiger partial charge in [-0.3, -0.25) is 4.79 Å². The minimum absolute atomic E-state index is 0.0339. The average molecular weight is 183 g/mol. The molecule has 1 heterocycles. The summed E-state index contributed by atoms with van der Waals surface area (Å²) in [4.78, 5) is 11.3. The zero-order chi connectivity index (χ0) is 9.64. The molecule has 2 rings (SSSR count). The van der Waals surface area contributed by atoms with Gasteiger partial charge >= 0.3 is 0 Å². The number of rotatable bonds is 1.